The molecule has 2 heterocycles. The van der Waals surface area contributed by atoms with Crippen LogP contribution in [0.3, 0.4) is 0 Å². The molecule has 2 aliphatic rings. The standard InChI is InChI=1S/C22H25Cl2N3O/c23-17-3-1-16(2-4-17)22(28)27-14-11-21(15-27)26-12-9-20(10-13-26)25-19-7-5-18(24)6-8-19/h1-8,20-21,25H,9-15H2. The van der Waals surface area contributed by atoms with Gasteiger partial charge in [-0.25, -0.2) is 0 Å². The normalized spacial score (nSPS) is 21.1. The second-order valence-corrected chi connectivity index (χ2v) is 8.53. The number of piperidine rings is 1. The molecule has 0 aromatic heterocycles. The Hall–Kier alpha value is -1.75. The number of nitrogens with one attached hydrogen (secondary N) is 1. The van der Waals surface area contributed by atoms with Gasteiger partial charge in [-0.15, -0.1) is 0 Å². The maximum absolute atomic E-state index is 12.7. The lowest BCUT2D eigenvalue weighted by molar-refractivity contribution is 0.0770. The fraction of sp³-hybridized carbons (Fsp3) is 0.409. The van der Waals surface area contributed by atoms with E-state index in [1.54, 1.807) is 12.1 Å². The highest BCUT2D eigenvalue weighted by Gasteiger charge is 2.32. The van der Waals surface area contributed by atoms with E-state index >= 15 is 0 Å². The van der Waals surface area contributed by atoms with Crippen molar-refractivity contribution in [3.8, 4) is 0 Å². The predicted octanol–water partition coefficient (Wildman–Crippen LogP) is 4.78. The topological polar surface area (TPSA) is 35.6 Å². The zero-order valence-electron chi connectivity index (χ0n) is 15.8. The molecule has 0 spiro atoms. The lowest BCUT2D eigenvalue weighted by atomic mass is 10.0. The Morgan fingerprint density at radius 1 is 0.857 bits per heavy atom. The van der Waals surface area contributed by atoms with Gasteiger partial charge in [-0.1, -0.05) is 23.2 Å². The van der Waals surface area contributed by atoms with E-state index in [-0.39, 0.29) is 5.91 Å². The van der Waals surface area contributed by atoms with Crippen LogP contribution in [0.15, 0.2) is 48.5 Å². The summed E-state index contributed by atoms with van der Waals surface area (Å²) in [5.74, 6) is 0.110. The molecule has 6 heteroatoms. The molecule has 0 saturated carbocycles. The average molecular weight is 418 g/mol. The van der Waals surface area contributed by atoms with E-state index in [1.165, 1.54) is 0 Å². The number of anilines is 1. The van der Waals surface area contributed by atoms with Crippen LogP contribution < -0.4 is 5.32 Å². The number of amides is 1. The molecule has 1 atom stereocenters. The molecule has 4 rings (SSSR count). The summed E-state index contributed by atoms with van der Waals surface area (Å²) in [7, 11) is 0. The van der Waals surface area contributed by atoms with Crippen LogP contribution in [0.25, 0.3) is 0 Å². The van der Waals surface area contributed by atoms with Gasteiger partial charge in [0.15, 0.2) is 0 Å². The van der Waals surface area contributed by atoms with E-state index in [1.807, 2.05) is 41.3 Å². The Kier molecular flexibility index (Phi) is 6.10. The van der Waals surface area contributed by atoms with Gasteiger partial charge < -0.3 is 10.2 Å². The summed E-state index contributed by atoms with van der Waals surface area (Å²) >= 11 is 11.9. The first kappa shape index (κ1) is 19.6. The first-order chi connectivity index (χ1) is 13.6. The minimum absolute atomic E-state index is 0.110. The third-order valence-electron chi connectivity index (χ3n) is 5.80. The summed E-state index contributed by atoms with van der Waals surface area (Å²) in [4.78, 5) is 17.2. The van der Waals surface area contributed by atoms with Gasteiger partial charge >= 0.3 is 0 Å². The van der Waals surface area contributed by atoms with Crippen LogP contribution in [0.1, 0.15) is 29.6 Å². The molecule has 0 aliphatic carbocycles. The quantitative estimate of drug-likeness (QED) is 0.776. The Morgan fingerprint density at radius 2 is 1.46 bits per heavy atom. The Bertz CT molecular complexity index is 802. The minimum Gasteiger partial charge on any atom is -0.382 e. The first-order valence-corrected chi connectivity index (χ1v) is 10.6. The van der Waals surface area contributed by atoms with Gasteiger partial charge in [0.25, 0.3) is 5.91 Å². The molecule has 2 aliphatic heterocycles. The number of likely N-dealkylation sites (tertiary alicyclic amines) is 2. The number of benzene rings is 2. The molecule has 0 bridgehead atoms. The second kappa shape index (κ2) is 8.73. The van der Waals surface area contributed by atoms with Crippen molar-refractivity contribution in [3.63, 3.8) is 0 Å². The van der Waals surface area contributed by atoms with Crippen molar-refractivity contribution in [2.24, 2.45) is 0 Å². The van der Waals surface area contributed by atoms with E-state index in [0.29, 0.717) is 17.1 Å². The summed E-state index contributed by atoms with van der Waals surface area (Å²) in [6.07, 6.45) is 3.28. The van der Waals surface area contributed by atoms with Crippen LogP contribution in [0.4, 0.5) is 5.69 Å². The zero-order chi connectivity index (χ0) is 19.5. The predicted molar refractivity (Wildman–Crippen MR) is 115 cm³/mol. The van der Waals surface area contributed by atoms with E-state index in [0.717, 1.165) is 61.7 Å². The molecule has 2 aromatic rings. The molecule has 1 unspecified atom stereocenters. The van der Waals surface area contributed by atoms with E-state index in [2.05, 4.69) is 10.2 Å². The van der Waals surface area contributed by atoms with Gasteiger partial charge in [-0.05, 0) is 67.8 Å². The Labute approximate surface area is 176 Å². The second-order valence-electron chi connectivity index (χ2n) is 7.66. The minimum atomic E-state index is 0.110. The third-order valence-corrected chi connectivity index (χ3v) is 6.31. The molecule has 1 N–H and O–H groups in total. The Balaban J connectivity index is 1.27. The van der Waals surface area contributed by atoms with Crippen molar-refractivity contribution in [1.29, 1.82) is 0 Å². The maximum Gasteiger partial charge on any atom is 0.253 e. The fourth-order valence-electron chi connectivity index (χ4n) is 4.19. The van der Waals surface area contributed by atoms with Gasteiger partial charge in [-0.3, -0.25) is 9.69 Å². The summed E-state index contributed by atoms with van der Waals surface area (Å²) < 4.78 is 0. The van der Waals surface area contributed by atoms with Crippen LogP contribution >= 0.6 is 23.2 Å². The number of nitrogens with zero attached hydrogens (tertiary/aromatic N) is 2. The number of carbonyl (C=O) groups excluding carboxylic acids is 1. The third kappa shape index (κ3) is 4.62. The monoisotopic (exact) mass is 417 g/mol. The highest BCUT2D eigenvalue weighted by molar-refractivity contribution is 6.30. The summed E-state index contributed by atoms with van der Waals surface area (Å²) in [6.45, 7) is 3.78. The van der Waals surface area contributed by atoms with Crippen molar-refractivity contribution in [3.05, 3.63) is 64.1 Å². The van der Waals surface area contributed by atoms with Crippen molar-refractivity contribution in [2.75, 3.05) is 31.5 Å². The van der Waals surface area contributed by atoms with Gasteiger partial charge in [0, 0.05) is 59.6 Å². The largest absolute Gasteiger partial charge is 0.382 e. The lowest BCUT2D eigenvalue weighted by Gasteiger charge is -2.36. The van der Waals surface area contributed by atoms with Gasteiger partial charge in [0.1, 0.15) is 0 Å². The van der Waals surface area contributed by atoms with Gasteiger partial charge in [0.05, 0.1) is 0 Å². The maximum atomic E-state index is 12.7. The molecule has 28 heavy (non-hydrogen) atoms. The number of hydrogen-bond acceptors (Lipinski definition) is 3. The number of rotatable bonds is 4. The van der Waals surface area contributed by atoms with Crippen molar-refractivity contribution >= 4 is 34.8 Å². The number of carbonyl (C=O) groups is 1. The highest BCUT2D eigenvalue weighted by atomic mass is 35.5. The molecular formula is C22H25Cl2N3O. The summed E-state index contributed by atoms with van der Waals surface area (Å²) in [5, 5.41) is 5.03. The highest BCUT2D eigenvalue weighted by Crippen LogP contribution is 2.24. The van der Waals surface area contributed by atoms with E-state index < -0.39 is 0 Å². The SMILES string of the molecule is O=C(c1ccc(Cl)cc1)N1CCC(N2CCC(Nc3ccc(Cl)cc3)CC2)C1. The van der Waals surface area contributed by atoms with Crippen molar-refractivity contribution < 1.29 is 4.79 Å². The van der Waals surface area contributed by atoms with Crippen LogP contribution in [-0.4, -0.2) is 54.0 Å². The van der Waals surface area contributed by atoms with Gasteiger partial charge in [-0.2, -0.15) is 0 Å². The lowest BCUT2D eigenvalue weighted by Crippen LogP contribution is -2.46. The molecule has 148 valence electrons. The molecule has 0 radical (unpaired) electrons. The van der Waals surface area contributed by atoms with Crippen molar-refractivity contribution in [1.82, 2.24) is 9.80 Å². The smallest absolute Gasteiger partial charge is 0.253 e. The van der Waals surface area contributed by atoms with Crippen LogP contribution in [0.5, 0.6) is 0 Å². The average Bonchev–Trinajstić information content (AvgIpc) is 3.21. The molecule has 4 nitrogen and oxygen atoms in total. The van der Waals surface area contributed by atoms with Gasteiger partial charge in [0.2, 0.25) is 0 Å². The molecule has 1 amide bonds. The van der Waals surface area contributed by atoms with Crippen LogP contribution in [0.2, 0.25) is 10.0 Å². The number of hydrogen-bond donors (Lipinski definition) is 1. The summed E-state index contributed by atoms with van der Waals surface area (Å²) in [6, 6.07) is 16.0. The van der Waals surface area contributed by atoms with E-state index in [4.69, 9.17) is 23.2 Å². The molecule has 2 saturated heterocycles. The molecule has 2 fully saturated rings. The molecular weight excluding hydrogens is 393 g/mol. The Morgan fingerprint density at radius 3 is 2.11 bits per heavy atom. The summed E-state index contributed by atoms with van der Waals surface area (Å²) in [5.41, 5.74) is 1.85. The van der Waals surface area contributed by atoms with Crippen LogP contribution in [-0.2, 0) is 0 Å². The number of halogens is 2. The zero-order valence-corrected chi connectivity index (χ0v) is 17.3. The van der Waals surface area contributed by atoms with Crippen molar-refractivity contribution in [2.45, 2.75) is 31.3 Å². The van der Waals surface area contributed by atoms with Crippen LogP contribution in [0, 0.1) is 0 Å². The van der Waals surface area contributed by atoms with E-state index in [9.17, 15) is 4.79 Å². The first-order valence-electron chi connectivity index (χ1n) is 9.89. The fourth-order valence-corrected chi connectivity index (χ4v) is 4.44. The molecule has 2 aromatic carbocycles.